The summed E-state index contributed by atoms with van der Waals surface area (Å²) >= 11 is 6.00. The van der Waals surface area contributed by atoms with E-state index in [1.54, 1.807) is 5.56 Å². The van der Waals surface area contributed by atoms with Gasteiger partial charge in [-0.15, -0.1) is 0 Å². The van der Waals surface area contributed by atoms with Gasteiger partial charge in [-0.2, -0.15) is 0 Å². The molecule has 2 aliphatic carbocycles. The van der Waals surface area contributed by atoms with Crippen LogP contribution in [-0.4, -0.2) is 0 Å². The summed E-state index contributed by atoms with van der Waals surface area (Å²) in [6, 6.07) is 17.8. The largest absolute Gasteiger partial charge is 0.0843 e. The summed E-state index contributed by atoms with van der Waals surface area (Å²) in [6.07, 6.45) is 19.8. The minimum atomic E-state index is 0.793. The molecule has 0 saturated heterocycles. The third-order valence-electron chi connectivity index (χ3n) is 8.56. The van der Waals surface area contributed by atoms with Crippen LogP contribution in [0.1, 0.15) is 107 Å². The van der Waals surface area contributed by atoms with Gasteiger partial charge in [-0.1, -0.05) is 106 Å². The van der Waals surface area contributed by atoms with E-state index in [1.165, 1.54) is 88.2 Å². The molecule has 4 rings (SSSR count). The number of rotatable bonds is 9. The van der Waals surface area contributed by atoms with E-state index < -0.39 is 0 Å². The molecule has 0 bridgehead atoms. The average Bonchev–Trinajstić information content (AvgIpc) is 2.84. The van der Waals surface area contributed by atoms with Gasteiger partial charge in [0.05, 0.1) is 0 Å². The number of hydrogen-bond acceptors (Lipinski definition) is 0. The average molecular weight is 451 g/mol. The van der Waals surface area contributed by atoms with E-state index in [-0.39, 0.29) is 0 Å². The quantitative estimate of drug-likeness (QED) is 0.356. The van der Waals surface area contributed by atoms with Crippen LogP contribution in [-0.2, 0) is 12.8 Å². The molecule has 0 nitrogen and oxygen atoms in total. The highest BCUT2D eigenvalue weighted by Crippen LogP contribution is 2.40. The number of aryl methyl sites for hydroxylation is 2. The third kappa shape index (κ3) is 7.11. The van der Waals surface area contributed by atoms with Crippen LogP contribution in [0.15, 0.2) is 48.5 Å². The Bertz CT molecular complexity index is 774. The first-order valence-electron chi connectivity index (χ1n) is 13.5. The van der Waals surface area contributed by atoms with Crippen molar-refractivity contribution >= 4 is 11.6 Å². The maximum atomic E-state index is 6.00. The second-order valence-corrected chi connectivity index (χ2v) is 11.3. The van der Waals surface area contributed by atoms with E-state index in [1.807, 2.05) is 12.1 Å². The SMILES string of the molecule is CCC[C@H]1CC[C@H](CC[C@H]2CC[C@H](c3ccc(CCc4ccc(Cl)cc4)cc3)CC2)CC1. The second-order valence-electron chi connectivity index (χ2n) is 10.8. The molecule has 0 unspecified atom stereocenters. The van der Waals surface area contributed by atoms with Gasteiger partial charge in [0.25, 0.3) is 0 Å². The Morgan fingerprint density at radius 2 is 1.03 bits per heavy atom. The van der Waals surface area contributed by atoms with Crippen LogP contribution in [0.25, 0.3) is 0 Å². The van der Waals surface area contributed by atoms with Gasteiger partial charge in [-0.3, -0.25) is 0 Å². The van der Waals surface area contributed by atoms with Gasteiger partial charge in [-0.05, 0) is 91.0 Å². The molecule has 32 heavy (non-hydrogen) atoms. The third-order valence-corrected chi connectivity index (χ3v) is 8.81. The predicted octanol–water partition coefficient (Wildman–Crippen LogP) is 9.79. The minimum absolute atomic E-state index is 0.793. The smallest absolute Gasteiger partial charge is 0.0406 e. The Hall–Kier alpha value is -1.27. The van der Waals surface area contributed by atoms with Crippen LogP contribution < -0.4 is 0 Å². The maximum absolute atomic E-state index is 6.00. The summed E-state index contributed by atoms with van der Waals surface area (Å²) < 4.78 is 0. The van der Waals surface area contributed by atoms with Gasteiger partial charge in [0.2, 0.25) is 0 Å². The fourth-order valence-corrected chi connectivity index (χ4v) is 6.50. The fourth-order valence-electron chi connectivity index (χ4n) is 6.37. The lowest BCUT2D eigenvalue weighted by Gasteiger charge is -2.32. The molecule has 0 N–H and O–H groups in total. The van der Waals surface area contributed by atoms with Crippen molar-refractivity contribution in [2.24, 2.45) is 17.8 Å². The van der Waals surface area contributed by atoms with E-state index >= 15 is 0 Å². The van der Waals surface area contributed by atoms with Crippen molar-refractivity contribution in [1.29, 1.82) is 0 Å². The molecular formula is C31H43Cl. The molecule has 0 spiro atoms. The van der Waals surface area contributed by atoms with Crippen LogP contribution in [0.4, 0.5) is 0 Å². The van der Waals surface area contributed by atoms with Crippen LogP contribution in [0.5, 0.6) is 0 Å². The van der Waals surface area contributed by atoms with E-state index in [9.17, 15) is 0 Å². The highest BCUT2D eigenvalue weighted by molar-refractivity contribution is 6.30. The lowest BCUT2D eigenvalue weighted by molar-refractivity contribution is 0.224. The summed E-state index contributed by atoms with van der Waals surface area (Å²) in [6.45, 7) is 2.35. The molecule has 0 heterocycles. The van der Waals surface area contributed by atoms with Gasteiger partial charge in [-0.25, -0.2) is 0 Å². The number of benzene rings is 2. The Kier molecular flexibility index (Phi) is 9.15. The topological polar surface area (TPSA) is 0 Å². The summed E-state index contributed by atoms with van der Waals surface area (Å²) in [5, 5.41) is 0.822. The van der Waals surface area contributed by atoms with Crippen LogP contribution in [0.3, 0.4) is 0 Å². The van der Waals surface area contributed by atoms with Crippen LogP contribution >= 0.6 is 11.6 Å². The molecule has 2 saturated carbocycles. The fraction of sp³-hybridized carbons (Fsp3) is 0.613. The molecule has 2 aromatic rings. The molecule has 0 aromatic heterocycles. The Morgan fingerprint density at radius 3 is 1.53 bits per heavy atom. The molecule has 2 fully saturated rings. The van der Waals surface area contributed by atoms with Crippen molar-refractivity contribution in [1.82, 2.24) is 0 Å². The van der Waals surface area contributed by atoms with Crippen LogP contribution in [0.2, 0.25) is 5.02 Å². The van der Waals surface area contributed by atoms with E-state index in [0.717, 1.165) is 41.5 Å². The summed E-state index contributed by atoms with van der Waals surface area (Å²) in [5.41, 5.74) is 4.39. The molecule has 0 radical (unpaired) electrons. The zero-order valence-corrected chi connectivity index (χ0v) is 21.0. The van der Waals surface area contributed by atoms with E-state index in [4.69, 9.17) is 11.6 Å². The van der Waals surface area contributed by atoms with E-state index in [0.29, 0.717) is 0 Å². The minimum Gasteiger partial charge on any atom is -0.0843 e. The van der Waals surface area contributed by atoms with Gasteiger partial charge in [0.15, 0.2) is 0 Å². The summed E-state index contributed by atoms with van der Waals surface area (Å²) in [4.78, 5) is 0. The first-order valence-corrected chi connectivity index (χ1v) is 13.9. The van der Waals surface area contributed by atoms with Crippen LogP contribution in [0, 0.1) is 17.8 Å². The van der Waals surface area contributed by atoms with Gasteiger partial charge < -0.3 is 0 Å². The predicted molar refractivity (Wildman–Crippen MR) is 140 cm³/mol. The molecule has 1 heteroatoms. The first-order chi connectivity index (χ1) is 15.7. The molecule has 2 aromatic carbocycles. The van der Waals surface area contributed by atoms with Crippen molar-refractivity contribution in [3.63, 3.8) is 0 Å². The van der Waals surface area contributed by atoms with Crippen molar-refractivity contribution in [2.75, 3.05) is 0 Å². The van der Waals surface area contributed by atoms with Crippen molar-refractivity contribution in [3.8, 4) is 0 Å². The molecule has 2 aliphatic rings. The summed E-state index contributed by atoms with van der Waals surface area (Å²) in [5.74, 6) is 3.89. The highest BCUT2D eigenvalue weighted by atomic mass is 35.5. The lowest BCUT2D eigenvalue weighted by Crippen LogP contribution is -2.17. The number of hydrogen-bond donors (Lipinski definition) is 0. The first kappa shape index (κ1) is 23.9. The Morgan fingerprint density at radius 1 is 0.594 bits per heavy atom. The van der Waals surface area contributed by atoms with Gasteiger partial charge >= 0.3 is 0 Å². The van der Waals surface area contributed by atoms with E-state index in [2.05, 4.69) is 43.3 Å². The molecule has 0 amide bonds. The maximum Gasteiger partial charge on any atom is 0.0406 e. The molecule has 0 atom stereocenters. The van der Waals surface area contributed by atoms with Crippen molar-refractivity contribution in [2.45, 2.75) is 103 Å². The highest BCUT2D eigenvalue weighted by Gasteiger charge is 2.25. The monoisotopic (exact) mass is 450 g/mol. The zero-order valence-electron chi connectivity index (χ0n) is 20.2. The second kappa shape index (κ2) is 12.3. The molecule has 174 valence electrons. The Balaban J connectivity index is 1.15. The standard InChI is InChI=1S/C31H43Cl/c1-2-3-24-4-6-25(7-5-24)8-9-26-12-18-29(19-13-26)30-20-14-27(15-21-30)10-11-28-16-22-31(32)23-17-28/h14-17,20-26,29H,2-13,18-19H2,1H3/t24-,25-,26-,29-. The lowest BCUT2D eigenvalue weighted by atomic mass is 9.74. The molecular weight excluding hydrogens is 408 g/mol. The van der Waals surface area contributed by atoms with Gasteiger partial charge in [0, 0.05) is 5.02 Å². The molecule has 0 aliphatic heterocycles. The number of halogens is 1. The van der Waals surface area contributed by atoms with Crippen molar-refractivity contribution in [3.05, 3.63) is 70.2 Å². The zero-order chi connectivity index (χ0) is 22.2. The van der Waals surface area contributed by atoms with Gasteiger partial charge in [0.1, 0.15) is 0 Å². The summed E-state index contributed by atoms with van der Waals surface area (Å²) in [7, 11) is 0. The Labute approximate surface area is 202 Å². The normalized spacial score (nSPS) is 26.2. The van der Waals surface area contributed by atoms with Crippen molar-refractivity contribution < 1.29 is 0 Å².